The highest BCUT2D eigenvalue weighted by molar-refractivity contribution is 6.04. The second-order valence-corrected chi connectivity index (χ2v) is 7.68. The lowest BCUT2D eigenvalue weighted by molar-refractivity contribution is -0.125. The van der Waals surface area contributed by atoms with Gasteiger partial charge in [-0.25, -0.2) is 4.39 Å². The van der Waals surface area contributed by atoms with E-state index in [1.54, 1.807) is 18.2 Å². The van der Waals surface area contributed by atoms with E-state index in [9.17, 15) is 18.8 Å². The minimum absolute atomic E-state index is 0.0267. The molecule has 2 amide bonds. The highest BCUT2D eigenvalue weighted by Crippen LogP contribution is 2.33. The number of carbonyl (C=O) groups excluding carboxylic acids is 3. The molecule has 0 atom stereocenters. The monoisotopic (exact) mass is 462 g/mol. The lowest BCUT2D eigenvalue weighted by Gasteiger charge is -2.29. The van der Waals surface area contributed by atoms with Crippen molar-refractivity contribution < 1.29 is 28.2 Å². The van der Waals surface area contributed by atoms with E-state index < -0.39 is 17.5 Å². The van der Waals surface area contributed by atoms with Crippen LogP contribution < -0.4 is 19.7 Å². The van der Waals surface area contributed by atoms with Crippen LogP contribution in [0.5, 0.6) is 11.5 Å². The Morgan fingerprint density at radius 3 is 2.59 bits per heavy atom. The van der Waals surface area contributed by atoms with E-state index in [2.05, 4.69) is 5.32 Å². The Labute approximate surface area is 196 Å². The summed E-state index contributed by atoms with van der Waals surface area (Å²) >= 11 is 0. The van der Waals surface area contributed by atoms with Crippen molar-refractivity contribution in [1.29, 1.82) is 0 Å². The first-order valence-corrected chi connectivity index (χ1v) is 10.8. The molecule has 3 aromatic carbocycles. The van der Waals surface area contributed by atoms with E-state index in [0.717, 1.165) is 5.56 Å². The predicted molar refractivity (Wildman–Crippen MR) is 124 cm³/mol. The molecule has 1 aliphatic heterocycles. The number of hydrogen-bond donors (Lipinski definition) is 1. The van der Waals surface area contributed by atoms with Gasteiger partial charge in [0.25, 0.3) is 5.91 Å². The van der Waals surface area contributed by atoms with Crippen molar-refractivity contribution in [3.05, 3.63) is 89.7 Å². The van der Waals surface area contributed by atoms with Crippen LogP contribution in [0.4, 0.5) is 10.1 Å². The first-order chi connectivity index (χ1) is 16.5. The molecule has 0 saturated heterocycles. The fraction of sp³-hybridized carbons (Fsp3) is 0.192. The summed E-state index contributed by atoms with van der Waals surface area (Å²) in [6, 6.07) is 20.1. The van der Waals surface area contributed by atoms with E-state index >= 15 is 0 Å². The number of para-hydroxylation sites is 1. The number of hydrogen-bond acceptors (Lipinski definition) is 5. The molecule has 0 aromatic heterocycles. The van der Waals surface area contributed by atoms with Crippen LogP contribution in [0.1, 0.15) is 15.9 Å². The second-order valence-electron chi connectivity index (χ2n) is 7.68. The van der Waals surface area contributed by atoms with Crippen LogP contribution in [-0.2, 0) is 16.0 Å². The zero-order chi connectivity index (χ0) is 23.9. The van der Waals surface area contributed by atoms with Crippen molar-refractivity contribution in [2.45, 2.75) is 6.42 Å². The average molecular weight is 462 g/mol. The van der Waals surface area contributed by atoms with Gasteiger partial charge in [-0.1, -0.05) is 42.5 Å². The number of halogens is 1. The number of carbonyl (C=O) groups is 3. The molecule has 1 heterocycles. The zero-order valence-corrected chi connectivity index (χ0v) is 18.3. The molecule has 34 heavy (non-hydrogen) atoms. The number of fused-ring (bicyclic) bond motifs is 1. The summed E-state index contributed by atoms with van der Waals surface area (Å²) in [5.41, 5.74) is 1.67. The van der Waals surface area contributed by atoms with Crippen molar-refractivity contribution in [1.82, 2.24) is 5.32 Å². The van der Waals surface area contributed by atoms with Gasteiger partial charge >= 0.3 is 0 Å². The Balaban J connectivity index is 1.40. The van der Waals surface area contributed by atoms with Crippen LogP contribution in [0, 0.1) is 5.82 Å². The molecule has 0 fully saturated rings. The molecule has 7 nitrogen and oxygen atoms in total. The van der Waals surface area contributed by atoms with Gasteiger partial charge in [-0.2, -0.15) is 0 Å². The third-order valence-electron chi connectivity index (χ3n) is 5.30. The Morgan fingerprint density at radius 2 is 1.79 bits per heavy atom. The van der Waals surface area contributed by atoms with Gasteiger partial charge in [0.2, 0.25) is 5.91 Å². The van der Waals surface area contributed by atoms with Gasteiger partial charge in [-0.15, -0.1) is 0 Å². The number of nitrogens with zero attached hydrogens (tertiary/aromatic N) is 1. The molecule has 8 heteroatoms. The normalized spacial score (nSPS) is 12.5. The van der Waals surface area contributed by atoms with E-state index in [0.29, 0.717) is 24.4 Å². The van der Waals surface area contributed by atoms with Gasteiger partial charge < -0.3 is 14.8 Å². The van der Waals surface area contributed by atoms with Crippen molar-refractivity contribution >= 4 is 23.3 Å². The number of ketones is 1. The number of anilines is 1. The standard InChI is InChI=1S/C26H23FN2O5/c27-20-8-4-5-9-23(20)33-16-22(30)19-10-11-24-21(14-19)29(26(32)17-34-24)15-25(31)28-13-12-18-6-2-1-3-7-18/h1-11,14H,12-13,15-17H2,(H,28,31). The summed E-state index contributed by atoms with van der Waals surface area (Å²) in [6.45, 7) is -0.351. The van der Waals surface area contributed by atoms with E-state index in [-0.39, 0.29) is 37.0 Å². The highest BCUT2D eigenvalue weighted by atomic mass is 19.1. The summed E-state index contributed by atoms with van der Waals surface area (Å²) in [6.07, 6.45) is 0.668. The quantitative estimate of drug-likeness (QED) is 0.494. The molecule has 4 rings (SSSR count). The first-order valence-electron chi connectivity index (χ1n) is 10.8. The molecular formula is C26H23FN2O5. The fourth-order valence-electron chi connectivity index (χ4n) is 3.53. The molecule has 1 N–H and O–H groups in total. The maximum Gasteiger partial charge on any atom is 0.265 e. The lowest BCUT2D eigenvalue weighted by atomic mass is 10.1. The van der Waals surface area contributed by atoms with Gasteiger partial charge in [-0.3, -0.25) is 19.3 Å². The molecular weight excluding hydrogens is 439 g/mol. The summed E-state index contributed by atoms with van der Waals surface area (Å²) in [4.78, 5) is 38.9. The molecule has 0 unspecified atom stereocenters. The summed E-state index contributed by atoms with van der Waals surface area (Å²) in [5.74, 6) is -1.32. The highest BCUT2D eigenvalue weighted by Gasteiger charge is 2.28. The largest absolute Gasteiger partial charge is 0.482 e. The maximum atomic E-state index is 13.7. The number of amides is 2. The Kier molecular flexibility index (Phi) is 7.17. The molecule has 0 radical (unpaired) electrons. The number of benzene rings is 3. The number of nitrogens with one attached hydrogen (secondary N) is 1. The van der Waals surface area contributed by atoms with Crippen molar-refractivity contribution in [3.8, 4) is 11.5 Å². The summed E-state index contributed by atoms with van der Waals surface area (Å²) in [7, 11) is 0. The maximum absolute atomic E-state index is 13.7. The molecule has 3 aromatic rings. The Bertz CT molecular complexity index is 1200. The topological polar surface area (TPSA) is 84.9 Å². The van der Waals surface area contributed by atoms with Crippen molar-refractivity contribution in [2.24, 2.45) is 0 Å². The van der Waals surface area contributed by atoms with Crippen molar-refractivity contribution in [2.75, 3.05) is 31.2 Å². The molecule has 0 saturated carbocycles. The van der Waals surface area contributed by atoms with Crippen LogP contribution in [0.25, 0.3) is 0 Å². The minimum atomic E-state index is -0.566. The van der Waals surface area contributed by atoms with E-state index in [4.69, 9.17) is 9.47 Å². The third kappa shape index (κ3) is 5.58. The summed E-state index contributed by atoms with van der Waals surface area (Å²) in [5, 5.41) is 2.81. The minimum Gasteiger partial charge on any atom is -0.482 e. The van der Waals surface area contributed by atoms with Gasteiger partial charge in [0.05, 0.1) is 5.69 Å². The predicted octanol–water partition coefficient (Wildman–Crippen LogP) is 3.17. The second kappa shape index (κ2) is 10.6. The smallest absolute Gasteiger partial charge is 0.265 e. The van der Waals surface area contributed by atoms with Gasteiger partial charge in [0.15, 0.2) is 30.6 Å². The van der Waals surface area contributed by atoms with Crippen LogP contribution in [0.15, 0.2) is 72.8 Å². The number of ether oxygens (including phenoxy) is 2. The molecule has 0 spiro atoms. The Hall–Kier alpha value is -4.20. The van der Waals surface area contributed by atoms with Gasteiger partial charge in [0.1, 0.15) is 12.3 Å². The fourth-order valence-corrected chi connectivity index (χ4v) is 3.53. The van der Waals surface area contributed by atoms with Gasteiger partial charge in [-0.05, 0) is 42.3 Å². The number of Topliss-reactive ketones (excluding diaryl/α,β-unsaturated/α-hetero) is 1. The van der Waals surface area contributed by atoms with Crippen molar-refractivity contribution in [3.63, 3.8) is 0 Å². The molecule has 0 bridgehead atoms. The Morgan fingerprint density at radius 1 is 1.03 bits per heavy atom. The lowest BCUT2D eigenvalue weighted by Crippen LogP contribution is -2.45. The van der Waals surface area contributed by atoms with E-state index in [1.807, 2.05) is 30.3 Å². The van der Waals surface area contributed by atoms with Crippen LogP contribution in [-0.4, -0.2) is 43.9 Å². The van der Waals surface area contributed by atoms with E-state index in [1.165, 1.54) is 29.2 Å². The van der Waals surface area contributed by atoms with Crippen LogP contribution in [0.2, 0.25) is 0 Å². The van der Waals surface area contributed by atoms with Crippen LogP contribution in [0.3, 0.4) is 0 Å². The van der Waals surface area contributed by atoms with Gasteiger partial charge in [0, 0.05) is 12.1 Å². The average Bonchev–Trinajstić information content (AvgIpc) is 2.85. The number of rotatable bonds is 9. The SMILES string of the molecule is O=C(CN1C(=O)COc2ccc(C(=O)COc3ccccc3F)cc21)NCCc1ccccc1. The van der Waals surface area contributed by atoms with Crippen LogP contribution >= 0.6 is 0 Å². The third-order valence-corrected chi connectivity index (χ3v) is 5.30. The summed E-state index contributed by atoms with van der Waals surface area (Å²) < 4.78 is 24.5. The molecule has 174 valence electrons. The zero-order valence-electron chi connectivity index (χ0n) is 18.3. The first kappa shape index (κ1) is 23.0. The molecule has 1 aliphatic rings. The molecule has 0 aliphatic carbocycles.